The first-order valence-electron chi connectivity index (χ1n) is 6.88. The van der Waals surface area contributed by atoms with Crippen molar-refractivity contribution in [2.45, 2.75) is 32.7 Å². The third-order valence-electron chi connectivity index (χ3n) is 3.35. The van der Waals surface area contributed by atoms with E-state index in [9.17, 15) is 0 Å². The molecular formula is C13H21ClN6. The Labute approximate surface area is 124 Å². The number of aromatic nitrogens is 4. The fraction of sp³-hybridized carbons (Fsp3) is 0.615. The molecule has 2 aromatic rings. The Bertz CT molecular complexity index is 553. The third kappa shape index (κ3) is 3.80. The van der Waals surface area contributed by atoms with Crippen LogP contribution in [0, 0.1) is 0 Å². The number of nitrogens with zero attached hydrogens (tertiary/aromatic N) is 5. The first-order chi connectivity index (χ1) is 9.58. The highest BCUT2D eigenvalue weighted by Gasteiger charge is 2.06. The molecule has 0 aromatic carbocycles. The maximum Gasteiger partial charge on any atom is 0.255 e. The largest absolute Gasteiger partial charge is 0.370 e. The zero-order chi connectivity index (χ0) is 14.5. The lowest BCUT2D eigenvalue weighted by molar-refractivity contribution is 0.269. The van der Waals surface area contributed by atoms with Crippen LogP contribution in [-0.2, 0) is 0 Å². The molecule has 0 aliphatic carbocycles. The maximum absolute atomic E-state index is 5.96. The Balaban J connectivity index is 1.83. The van der Waals surface area contributed by atoms with Gasteiger partial charge in [0.2, 0.25) is 0 Å². The molecule has 0 radical (unpaired) electrons. The fourth-order valence-corrected chi connectivity index (χ4v) is 2.05. The van der Waals surface area contributed by atoms with Gasteiger partial charge in [0.1, 0.15) is 17.3 Å². The molecule has 0 aliphatic rings. The number of halogens is 1. The van der Waals surface area contributed by atoms with Gasteiger partial charge in [0, 0.05) is 18.7 Å². The van der Waals surface area contributed by atoms with E-state index in [0.29, 0.717) is 17.0 Å². The monoisotopic (exact) mass is 296 g/mol. The topological polar surface area (TPSA) is 58.3 Å². The van der Waals surface area contributed by atoms with E-state index in [1.807, 2.05) is 0 Å². The van der Waals surface area contributed by atoms with Crippen LogP contribution in [0.5, 0.6) is 0 Å². The second-order valence-corrected chi connectivity index (χ2v) is 5.53. The lowest BCUT2D eigenvalue weighted by Gasteiger charge is -2.20. The molecule has 0 atom stereocenters. The Morgan fingerprint density at radius 3 is 2.95 bits per heavy atom. The van der Waals surface area contributed by atoms with Crippen molar-refractivity contribution in [1.82, 2.24) is 24.5 Å². The number of unbranched alkanes of at least 4 members (excludes halogenated alkanes) is 1. The summed E-state index contributed by atoms with van der Waals surface area (Å²) in [5.74, 6) is 1.34. The number of hydrogen-bond donors (Lipinski definition) is 1. The molecule has 1 N–H and O–H groups in total. The van der Waals surface area contributed by atoms with Crippen molar-refractivity contribution in [2.75, 3.05) is 25.5 Å². The minimum absolute atomic E-state index is 0.424. The summed E-state index contributed by atoms with van der Waals surface area (Å²) in [6, 6.07) is 2.36. The molecule has 2 rings (SSSR count). The van der Waals surface area contributed by atoms with E-state index in [1.54, 1.807) is 10.6 Å². The fourth-order valence-electron chi connectivity index (χ4n) is 1.87. The van der Waals surface area contributed by atoms with Crippen molar-refractivity contribution in [3.8, 4) is 0 Å². The molecule has 0 saturated heterocycles. The van der Waals surface area contributed by atoms with Gasteiger partial charge in [0.05, 0.1) is 0 Å². The van der Waals surface area contributed by atoms with Crippen molar-refractivity contribution in [3.63, 3.8) is 0 Å². The van der Waals surface area contributed by atoms with Gasteiger partial charge >= 0.3 is 0 Å². The van der Waals surface area contributed by atoms with Crippen LogP contribution in [0.1, 0.15) is 26.7 Å². The van der Waals surface area contributed by atoms with Crippen molar-refractivity contribution in [1.29, 1.82) is 0 Å². The van der Waals surface area contributed by atoms with Crippen LogP contribution in [-0.4, -0.2) is 50.7 Å². The summed E-state index contributed by atoms with van der Waals surface area (Å²) in [7, 11) is 2.15. The zero-order valence-corrected chi connectivity index (χ0v) is 12.9. The summed E-state index contributed by atoms with van der Waals surface area (Å²) < 4.78 is 1.66. The zero-order valence-electron chi connectivity index (χ0n) is 12.2. The Kier molecular flexibility index (Phi) is 5.14. The van der Waals surface area contributed by atoms with Crippen LogP contribution in [0.25, 0.3) is 5.78 Å². The smallest absolute Gasteiger partial charge is 0.255 e. The molecule has 110 valence electrons. The highest BCUT2D eigenvalue weighted by Crippen LogP contribution is 2.14. The van der Waals surface area contributed by atoms with E-state index in [1.165, 1.54) is 6.33 Å². The molecule has 0 aliphatic heterocycles. The van der Waals surface area contributed by atoms with Gasteiger partial charge in [-0.25, -0.2) is 0 Å². The predicted molar refractivity (Wildman–Crippen MR) is 81.3 cm³/mol. The quantitative estimate of drug-likeness (QED) is 0.627. The molecule has 0 fully saturated rings. The molecule has 0 bridgehead atoms. The summed E-state index contributed by atoms with van der Waals surface area (Å²) in [4.78, 5) is 10.5. The van der Waals surface area contributed by atoms with Gasteiger partial charge in [-0.2, -0.15) is 19.6 Å². The first kappa shape index (κ1) is 15.0. The number of nitrogens with one attached hydrogen (secondary N) is 1. The summed E-state index contributed by atoms with van der Waals surface area (Å²) in [6.45, 7) is 6.40. The number of fused-ring (bicyclic) bond motifs is 1. The summed E-state index contributed by atoms with van der Waals surface area (Å²) in [6.07, 6.45) is 3.72. The van der Waals surface area contributed by atoms with Gasteiger partial charge in [-0.15, -0.1) is 0 Å². The minimum atomic E-state index is 0.424. The molecule has 0 saturated carbocycles. The third-order valence-corrected chi connectivity index (χ3v) is 3.54. The van der Waals surface area contributed by atoms with Gasteiger partial charge in [-0.05, 0) is 40.3 Å². The molecular weight excluding hydrogens is 276 g/mol. The summed E-state index contributed by atoms with van der Waals surface area (Å²) in [5.41, 5.74) is 0. The van der Waals surface area contributed by atoms with Gasteiger partial charge < -0.3 is 10.2 Å². The van der Waals surface area contributed by atoms with Crippen molar-refractivity contribution in [3.05, 3.63) is 17.5 Å². The Hall–Kier alpha value is -1.40. The molecule has 6 nitrogen and oxygen atoms in total. The van der Waals surface area contributed by atoms with E-state index < -0.39 is 0 Å². The molecule has 0 amide bonds. The number of hydrogen-bond acceptors (Lipinski definition) is 5. The van der Waals surface area contributed by atoms with Crippen molar-refractivity contribution >= 4 is 23.2 Å². The van der Waals surface area contributed by atoms with Crippen LogP contribution in [0.2, 0.25) is 5.15 Å². The highest BCUT2D eigenvalue weighted by atomic mass is 35.5. The SMILES string of the molecule is CC(C)N(C)CCCCNc1cc(Cl)nc2ncnn12. The molecule has 0 spiro atoms. The molecule has 20 heavy (non-hydrogen) atoms. The summed E-state index contributed by atoms with van der Waals surface area (Å²) >= 11 is 5.96. The van der Waals surface area contributed by atoms with Gasteiger partial charge in [0.25, 0.3) is 5.78 Å². The number of anilines is 1. The van der Waals surface area contributed by atoms with E-state index >= 15 is 0 Å². The first-order valence-corrected chi connectivity index (χ1v) is 7.26. The second kappa shape index (κ2) is 6.85. The van der Waals surface area contributed by atoms with E-state index in [4.69, 9.17) is 11.6 Å². The van der Waals surface area contributed by atoms with E-state index in [0.717, 1.165) is 31.7 Å². The van der Waals surface area contributed by atoms with Gasteiger partial charge in [0.15, 0.2) is 0 Å². The number of rotatable bonds is 7. The average Bonchev–Trinajstić information content (AvgIpc) is 2.85. The van der Waals surface area contributed by atoms with Crippen molar-refractivity contribution in [2.24, 2.45) is 0 Å². The Morgan fingerprint density at radius 2 is 2.20 bits per heavy atom. The van der Waals surface area contributed by atoms with E-state index in [-0.39, 0.29) is 0 Å². The van der Waals surface area contributed by atoms with E-state index in [2.05, 4.69) is 46.2 Å². The van der Waals surface area contributed by atoms with Crippen molar-refractivity contribution < 1.29 is 0 Å². The second-order valence-electron chi connectivity index (χ2n) is 5.14. The Morgan fingerprint density at radius 1 is 1.40 bits per heavy atom. The minimum Gasteiger partial charge on any atom is -0.370 e. The highest BCUT2D eigenvalue weighted by molar-refractivity contribution is 6.29. The van der Waals surface area contributed by atoms with Crippen LogP contribution in [0.3, 0.4) is 0 Å². The molecule has 2 aromatic heterocycles. The standard InChI is InChI=1S/C13H21ClN6/c1-10(2)19(3)7-5-4-6-15-12-8-11(14)18-13-16-9-17-20(12)13/h8-10,15H,4-7H2,1-3H3. The average molecular weight is 297 g/mol. The van der Waals surface area contributed by atoms with Crippen LogP contribution >= 0.6 is 11.6 Å². The maximum atomic E-state index is 5.96. The predicted octanol–water partition coefficient (Wildman–Crippen LogP) is 2.31. The van der Waals surface area contributed by atoms with Gasteiger partial charge in [-0.3, -0.25) is 0 Å². The lowest BCUT2D eigenvalue weighted by Crippen LogP contribution is -2.27. The summed E-state index contributed by atoms with van der Waals surface area (Å²) in [5, 5.41) is 7.88. The molecule has 2 heterocycles. The van der Waals surface area contributed by atoms with Gasteiger partial charge in [-0.1, -0.05) is 11.6 Å². The van der Waals surface area contributed by atoms with Crippen LogP contribution in [0.4, 0.5) is 5.82 Å². The molecule has 0 unspecified atom stereocenters. The lowest BCUT2D eigenvalue weighted by atomic mass is 10.2. The van der Waals surface area contributed by atoms with Crippen LogP contribution in [0.15, 0.2) is 12.4 Å². The normalized spacial score (nSPS) is 11.7. The molecule has 7 heteroatoms. The van der Waals surface area contributed by atoms with Crippen LogP contribution < -0.4 is 5.32 Å².